The lowest BCUT2D eigenvalue weighted by molar-refractivity contribution is 0.118. The summed E-state index contributed by atoms with van der Waals surface area (Å²) in [5, 5.41) is 11.4. The first-order chi connectivity index (χ1) is 15.6. The zero-order valence-electron chi connectivity index (χ0n) is 18.5. The molecule has 1 saturated carbocycles. The quantitative estimate of drug-likeness (QED) is 0.362. The fourth-order valence-electron chi connectivity index (χ4n) is 4.30. The van der Waals surface area contributed by atoms with Crippen molar-refractivity contribution in [2.24, 2.45) is 11.7 Å². The zero-order chi connectivity index (χ0) is 22.3. The summed E-state index contributed by atoms with van der Waals surface area (Å²) in [7, 11) is 0. The second-order valence-electron chi connectivity index (χ2n) is 8.41. The lowest BCUT2D eigenvalue weighted by atomic mass is 9.90. The van der Waals surface area contributed by atoms with Gasteiger partial charge in [-0.25, -0.2) is 0 Å². The fourth-order valence-corrected chi connectivity index (χ4v) is 4.63. The van der Waals surface area contributed by atoms with E-state index in [4.69, 9.17) is 26.8 Å². The van der Waals surface area contributed by atoms with E-state index in [-0.39, 0.29) is 18.4 Å². The Hall–Kier alpha value is -2.24. The van der Waals surface area contributed by atoms with Gasteiger partial charge in [-0.15, -0.1) is 12.4 Å². The van der Waals surface area contributed by atoms with Gasteiger partial charge in [0.05, 0.1) is 11.1 Å². The molecule has 0 saturated heterocycles. The lowest BCUT2D eigenvalue weighted by Crippen LogP contribution is -2.35. The maximum Gasteiger partial charge on any atom is 0.180 e. The molecule has 2 atom stereocenters. The van der Waals surface area contributed by atoms with Gasteiger partial charge in [-0.05, 0) is 36.0 Å². The van der Waals surface area contributed by atoms with Crippen molar-refractivity contribution in [1.82, 2.24) is 0 Å². The standard InChI is InChI=1S/C27H30ClNO3.ClH/c28-24-22(26(30)25(29)21-13-7-8-14-21)15-16-23(31-17-19-9-3-1-4-10-19)27(24)32-18-20-11-5-2-6-12-20;/h1-6,9-12,15-16,21,25-26,30H,7-8,13-14,17-18,29H2;1H. The monoisotopic (exact) mass is 487 g/mol. The Morgan fingerprint density at radius 2 is 1.39 bits per heavy atom. The summed E-state index contributed by atoms with van der Waals surface area (Å²) in [4.78, 5) is 0. The van der Waals surface area contributed by atoms with Gasteiger partial charge in [0.1, 0.15) is 13.2 Å². The molecule has 3 aromatic rings. The minimum atomic E-state index is -0.854. The number of ether oxygens (including phenoxy) is 2. The molecule has 2 unspecified atom stereocenters. The number of rotatable bonds is 9. The second-order valence-corrected chi connectivity index (χ2v) is 8.79. The molecule has 0 bridgehead atoms. The Morgan fingerprint density at radius 1 is 0.848 bits per heavy atom. The van der Waals surface area contributed by atoms with Crippen LogP contribution in [0, 0.1) is 5.92 Å². The lowest BCUT2D eigenvalue weighted by Gasteiger charge is -2.26. The van der Waals surface area contributed by atoms with Crippen LogP contribution in [0.3, 0.4) is 0 Å². The first-order valence-corrected chi connectivity index (χ1v) is 11.6. The molecule has 0 heterocycles. The molecule has 0 spiro atoms. The van der Waals surface area contributed by atoms with Gasteiger partial charge in [-0.1, -0.05) is 91.2 Å². The third kappa shape index (κ3) is 6.42. The Balaban J connectivity index is 0.00000306. The van der Waals surface area contributed by atoms with Crippen LogP contribution in [0.25, 0.3) is 0 Å². The molecule has 4 nitrogen and oxygen atoms in total. The van der Waals surface area contributed by atoms with Gasteiger partial charge in [0.25, 0.3) is 0 Å². The molecule has 3 aromatic carbocycles. The number of halogens is 2. The van der Waals surface area contributed by atoms with Crippen LogP contribution in [-0.4, -0.2) is 11.1 Å². The third-order valence-corrected chi connectivity index (χ3v) is 6.57. The smallest absolute Gasteiger partial charge is 0.180 e. The largest absolute Gasteiger partial charge is 0.485 e. The summed E-state index contributed by atoms with van der Waals surface area (Å²) < 4.78 is 12.2. The number of nitrogens with two attached hydrogens (primary N) is 1. The van der Waals surface area contributed by atoms with Gasteiger partial charge in [0, 0.05) is 11.6 Å². The van der Waals surface area contributed by atoms with Crippen LogP contribution in [0.4, 0.5) is 0 Å². The van der Waals surface area contributed by atoms with Crippen LogP contribution in [0.15, 0.2) is 72.8 Å². The van der Waals surface area contributed by atoms with Crippen LogP contribution in [-0.2, 0) is 13.2 Å². The van der Waals surface area contributed by atoms with E-state index in [0.29, 0.717) is 41.2 Å². The Kier molecular flexibility index (Phi) is 9.45. The Labute approximate surface area is 207 Å². The molecule has 0 aliphatic heterocycles. The minimum absolute atomic E-state index is 0. The van der Waals surface area contributed by atoms with E-state index in [2.05, 4.69) is 0 Å². The summed E-state index contributed by atoms with van der Waals surface area (Å²) in [5.41, 5.74) is 9.08. The van der Waals surface area contributed by atoms with Crippen LogP contribution >= 0.6 is 24.0 Å². The van der Waals surface area contributed by atoms with E-state index in [0.717, 1.165) is 36.8 Å². The number of benzene rings is 3. The summed E-state index contributed by atoms with van der Waals surface area (Å²) in [5.74, 6) is 1.28. The summed E-state index contributed by atoms with van der Waals surface area (Å²) in [6.45, 7) is 0.735. The van der Waals surface area contributed by atoms with Gasteiger partial charge in [-0.3, -0.25) is 0 Å². The van der Waals surface area contributed by atoms with E-state index in [1.54, 1.807) is 6.07 Å². The van der Waals surface area contributed by atoms with E-state index in [9.17, 15) is 5.11 Å². The normalized spacial score (nSPS) is 15.5. The van der Waals surface area contributed by atoms with Crippen LogP contribution in [0.1, 0.15) is 48.5 Å². The molecule has 33 heavy (non-hydrogen) atoms. The molecule has 1 aliphatic rings. The Bertz CT molecular complexity index is 995. The van der Waals surface area contributed by atoms with Crippen molar-refractivity contribution in [3.05, 3.63) is 94.5 Å². The molecule has 1 fully saturated rings. The molecule has 0 radical (unpaired) electrons. The minimum Gasteiger partial charge on any atom is -0.485 e. The first-order valence-electron chi connectivity index (χ1n) is 11.2. The highest BCUT2D eigenvalue weighted by Gasteiger charge is 2.31. The molecular formula is C27H31Cl2NO3. The average molecular weight is 488 g/mol. The van der Waals surface area contributed by atoms with Crippen molar-refractivity contribution in [2.75, 3.05) is 0 Å². The number of aliphatic hydroxyl groups is 1. The zero-order valence-corrected chi connectivity index (χ0v) is 20.1. The molecule has 0 amide bonds. The van der Waals surface area contributed by atoms with Crippen LogP contribution < -0.4 is 15.2 Å². The maximum absolute atomic E-state index is 11.0. The SMILES string of the molecule is Cl.NC(C1CCCC1)C(O)c1ccc(OCc2ccccc2)c(OCc2ccccc2)c1Cl. The second kappa shape index (κ2) is 12.3. The van der Waals surface area contributed by atoms with Crippen molar-refractivity contribution in [3.8, 4) is 11.5 Å². The van der Waals surface area contributed by atoms with Crippen molar-refractivity contribution in [1.29, 1.82) is 0 Å². The van der Waals surface area contributed by atoms with Crippen LogP contribution in [0.2, 0.25) is 5.02 Å². The average Bonchev–Trinajstić information content (AvgIpc) is 3.37. The van der Waals surface area contributed by atoms with E-state index in [1.165, 1.54) is 0 Å². The van der Waals surface area contributed by atoms with Crippen molar-refractivity contribution >= 4 is 24.0 Å². The van der Waals surface area contributed by atoms with Crippen LogP contribution in [0.5, 0.6) is 11.5 Å². The number of aliphatic hydroxyl groups excluding tert-OH is 1. The summed E-state index contributed by atoms with van der Waals surface area (Å²) >= 11 is 6.79. The van der Waals surface area contributed by atoms with E-state index >= 15 is 0 Å². The van der Waals surface area contributed by atoms with Crippen molar-refractivity contribution < 1.29 is 14.6 Å². The van der Waals surface area contributed by atoms with Gasteiger partial charge >= 0.3 is 0 Å². The third-order valence-electron chi connectivity index (χ3n) is 6.18. The maximum atomic E-state index is 11.0. The molecule has 176 valence electrons. The number of hydrogen-bond donors (Lipinski definition) is 2. The molecule has 3 N–H and O–H groups in total. The number of hydrogen-bond acceptors (Lipinski definition) is 4. The van der Waals surface area contributed by atoms with E-state index in [1.807, 2.05) is 66.7 Å². The Morgan fingerprint density at radius 3 is 1.97 bits per heavy atom. The summed E-state index contributed by atoms with van der Waals surface area (Å²) in [6, 6.07) is 23.1. The van der Waals surface area contributed by atoms with Crippen molar-refractivity contribution in [3.63, 3.8) is 0 Å². The predicted octanol–water partition coefficient (Wildman–Crippen LogP) is 6.47. The van der Waals surface area contributed by atoms with Gasteiger partial charge in [-0.2, -0.15) is 0 Å². The predicted molar refractivity (Wildman–Crippen MR) is 135 cm³/mol. The molecule has 1 aliphatic carbocycles. The van der Waals surface area contributed by atoms with Gasteiger partial charge in [0.2, 0.25) is 0 Å². The van der Waals surface area contributed by atoms with E-state index < -0.39 is 6.10 Å². The summed E-state index contributed by atoms with van der Waals surface area (Å²) in [6.07, 6.45) is 3.57. The topological polar surface area (TPSA) is 64.7 Å². The highest BCUT2D eigenvalue weighted by molar-refractivity contribution is 6.33. The molecule has 6 heteroatoms. The van der Waals surface area contributed by atoms with Gasteiger partial charge < -0.3 is 20.3 Å². The molecule has 4 rings (SSSR count). The highest BCUT2D eigenvalue weighted by Crippen LogP contribution is 2.43. The first kappa shape index (κ1) is 25.4. The highest BCUT2D eigenvalue weighted by atomic mass is 35.5. The molecule has 0 aromatic heterocycles. The fraction of sp³-hybridized carbons (Fsp3) is 0.333. The van der Waals surface area contributed by atoms with Gasteiger partial charge in [0.15, 0.2) is 11.5 Å². The molecular weight excluding hydrogens is 457 g/mol. The van der Waals surface area contributed by atoms with Crippen molar-refractivity contribution in [2.45, 2.75) is 51.0 Å².